The summed E-state index contributed by atoms with van der Waals surface area (Å²) in [6, 6.07) is 9.84. The van der Waals surface area contributed by atoms with Crippen molar-refractivity contribution in [2.75, 3.05) is 6.61 Å². The van der Waals surface area contributed by atoms with E-state index in [1.54, 1.807) is 0 Å². The first-order chi connectivity index (χ1) is 8.38. The molecule has 1 aromatic carbocycles. The van der Waals surface area contributed by atoms with Crippen LogP contribution in [0.15, 0.2) is 35.9 Å². The predicted octanol–water partition coefficient (Wildman–Crippen LogP) is 3.22. The Morgan fingerprint density at radius 1 is 1.24 bits per heavy atom. The third kappa shape index (κ3) is 3.76. The highest BCUT2D eigenvalue weighted by Crippen LogP contribution is 2.28. The van der Waals surface area contributed by atoms with Crippen LogP contribution in [0.2, 0.25) is 0 Å². The molecule has 1 aliphatic carbocycles. The molecule has 0 atom stereocenters. The quantitative estimate of drug-likeness (QED) is 0.741. The number of ether oxygens (including phenoxy) is 1. The normalized spacial score (nSPS) is 19.8. The molecule has 1 saturated carbocycles. The van der Waals surface area contributed by atoms with Gasteiger partial charge in [0.25, 0.3) is 0 Å². The zero-order valence-corrected chi connectivity index (χ0v) is 9.89. The van der Waals surface area contributed by atoms with Gasteiger partial charge in [0.1, 0.15) is 11.7 Å². The lowest BCUT2D eigenvalue weighted by Crippen LogP contribution is -2.13. The third-order valence-electron chi connectivity index (χ3n) is 3.20. The van der Waals surface area contributed by atoms with Crippen LogP contribution in [0.4, 0.5) is 0 Å². The summed E-state index contributed by atoms with van der Waals surface area (Å²) in [5.41, 5.74) is 0.943. The summed E-state index contributed by atoms with van der Waals surface area (Å²) in [5, 5.41) is 0. The molecule has 0 amide bonds. The Labute approximate surface area is 102 Å². The van der Waals surface area contributed by atoms with Gasteiger partial charge in [0.15, 0.2) is 0 Å². The summed E-state index contributed by atoms with van der Waals surface area (Å²) >= 11 is 0. The lowest BCUT2D eigenvalue weighted by molar-refractivity contribution is 0.316. The minimum absolute atomic E-state index is 0.579. The summed E-state index contributed by atoms with van der Waals surface area (Å²) in [6.07, 6.45) is 6.13. The van der Waals surface area contributed by atoms with Crippen molar-refractivity contribution in [1.82, 2.24) is 0 Å². The van der Waals surface area contributed by atoms with Gasteiger partial charge in [-0.2, -0.15) is 0 Å². The van der Waals surface area contributed by atoms with Crippen LogP contribution < -0.4 is 4.74 Å². The van der Waals surface area contributed by atoms with Crippen LogP contribution in [-0.4, -0.2) is 12.5 Å². The van der Waals surface area contributed by atoms with Crippen LogP contribution in [0.25, 0.3) is 0 Å². The van der Waals surface area contributed by atoms with E-state index in [2.05, 4.69) is 6.42 Å². The van der Waals surface area contributed by atoms with Gasteiger partial charge in [-0.3, -0.25) is 0 Å². The van der Waals surface area contributed by atoms with E-state index >= 15 is 0 Å². The SMILES string of the molecule is O=C=C1CCC([CH]COc2ccccc2)CC1. The van der Waals surface area contributed by atoms with Gasteiger partial charge in [0.05, 0.1) is 6.61 Å². The minimum atomic E-state index is 0.579. The maximum Gasteiger partial charge on any atom is 0.123 e. The molecule has 1 fully saturated rings. The molecule has 0 unspecified atom stereocenters. The highest BCUT2D eigenvalue weighted by atomic mass is 16.5. The monoisotopic (exact) mass is 229 g/mol. The van der Waals surface area contributed by atoms with Crippen molar-refractivity contribution in [3.63, 3.8) is 0 Å². The van der Waals surface area contributed by atoms with Gasteiger partial charge < -0.3 is 4.74 Å². The van der Waals surface area contributed by atoms with Gasteiger partial charge >= 0.3 is 0 Å². The number of allylic oxidation sites excluding steroid dienone is 1. The van der Waals surface area contributed by atoms with E-state index in [1.807, 2.05) is 36.3 Å². The van der Waals surface area contributed by atoms with Gasteiger partial charge in [-0.05, 0) is 43.7 Å². The summed E-state index contributed by atoms with van der Waals surface area (Å²) in [4.78, 5) is 10.5. The molecular formula is C15H17O2. The van der Waals surface area contributed by atoms with Crippen molar-refractivity contribution < 1.29 is 9.53 Å². The zero-order valence-electron chi connectivity index (χ0n) is 9.89. The summed E-state index contributed by atoms with van der Waals surface area (Å²) in [5.74, 6) is 3.52. The fourth-order valence-corrected chi connectivity index (χ4v) is 2.12. The second kappa shape index (κ2) is 6.27. The second-order valence-electron chi connectivity index (χ2n) is 4.40. The number of hydrogen-bond donors (Lipinski definition) is 0. The van der Waals surface area contributed by atoms with Gasteiger partial charge in [0, 0.05) is 12.0 Å². The molecule has 2 heteroatoms. The molecule has 1 aromatic rings. The molecule has 1 radical (unpaired) electrons. The smallest absolute Gasteiger partial charge is 0.123 e. The largest absolute Gasteiger partial charge is 0.493 e. The van der Waals surface area contributed by atoms with Crippen molar-refractivity contribution >= 4 is 5.94 Å². The number of benzene rings is 1. The van der Waals surface area contributed by atoms with E-state index in [0.29, 0.717) is 12.5 Å². The van der Waals surface area contributed by atoms with Crippen LogP contribution in [0, 0.1) is 12.3 Å². The number of rotatable bonds is 4. The maximum absolute atomic E-state index is 10.5. The number of para-hydroxylation sites is 1. The Kier molecular flexibility index (Phi) is 4.40. The van der Waals surface area contributed by atoms with Gasteiger partial charge in [0.2, 0.25) is 0 Å². The van der Waals surface area contributed by atoms with Crippen LogP contribution >= 0.6 is 0 Å². The molecule has 2 nitrogen and oxygen atoms in total. The Hall–Kier alpha value is -1.53. The highest BCUT2D eigenvalue weighted by Gasteiger charge is 2.17. The topological polar surface area (TPSA) is 26.3 Å². The van der Waals surface area contributed by atoms with Crippen molar-refractivity contribution in [1.29, 1.82) is 0 Å². The first kappa shape index (κ1) is 11.9. The Balaban J connectivity index is 1.68. The molecule has 0 N–H and O–H groups in total. The first-order valence-electron chi connectivity index (χ1n) is 6.12. The van der Waals surface area contributed by atoms with Gasteiger partial charge in [-0.15, -0.1) is 0 Å². The van der Waals surface area contributed by atoms with E-state index in [0.717, 1.165) is 37.0 Å². The van der Waals surface area contributed by atoms with Gasteiger partial charge in [-0.25, -0.2) is 4.79 Å². The van der Waals surface area contributed by atoms with Crippen molar-refractivity contribution in [2.24, 2.45) is 5.92 Å². The molecular weight excluding hydrogens is 212 g/mol. The second-order valence-corrected chi connectivity index (χ2v) is 4.40. The Morgan fingerprint density at radius 3 is 2.59 bits per heavy atom. The predicted molar refractivity (Wildman–Crippen MR) is 67.4 cm³/mol. The van der Waals surface area contributed by atoms with Gasteiger partial charge in [-0.1, -0.05) is 18.2 Å². The summed E-state index contributed by atoms with van der Waals surface area (Å²) in [7, 11) is 0. The Bertz CT molecular complexity index is 381. The average molecular weight is 229 g/mol. The molecule has 17 heavy (non-hydrogen) atoms. The molecule has 0 aliphatic heterocycles. The molecule has 2 rings (SSSR count). The Morgan fingerprint density at radius 2 is 1.94 bits per heavy atom. The molecule has 0 spiro atoms. The fourth-order valence-electron chi connectivity index (χ4n) is 2.12. The third-order valence-corrected chi connectivity index (χ3v) is 3.20. The molecule has 0 heterocycles. The molecule has 0 aromatic heterocycles. The summed E-state index contributed by atoms with van der Waals surface area (Å²) < 4.78 is 5.62. The standard InChI is InChI=1S/C15H17O2/c16-12-14-8-6-13(7-9-14)10-11-17-15-4-2-1-3-5-15/h1-5,10,13H,6-9,11H2. The molecule has 89 valence electrons. The molecule has 1 aliphatic rings. The lowest BCUT2D eigenvalue weighted by atomic mass is 9.85. The molecule has 0 saturated heterocycles. The summed E-state index contributed by atoms with van der Waals surface area (Å²) in [6.45, 7) is 0.648. The lowest BCUT2D eigenvalue weighted by Gasteiger charge is -2.21. The van der Waals surface area contributed by atoms with E-state index in [9.17, 15) is 4.79 Å². The van der Waals surface area contributed by atoms with Crippen LogP contribution in [0.1, 0.15) is 25.7 Å². The van der Waals surface area contributed by atoms with E-state index in [4.69, 9.17) is 4.74 Å². The van der Waals surface area contributed by atoms with Crippen LogP contribution in [0.5, 0.6) is 5.75 Å². The fraction of sp³-hybridized carbons (Fsp3) is 0.400. The van der Waals surface area contributed by atoms with E-state index < -0.39 is 0 Å². The van der Waals surface area contributed by atoms with E-state index in [1.165, 1.54) is 0 Å². The number of carbonyl (C=O) groups excluding carboxylic acids is 1. The average Bonchev–Trinajstić information content (AvgIpc) is 2.41. The number of hydrogen-bond acceptors (Lipinski definition) is 2. The maximum atomic E-state index is 10.5. The first-order valence-corrected chi connectivity index (χ1v) is 6.12. The van der Waals surface area contributed by atoms with Crippen molar-refractivity contribution in [3.8, 4) is 5.75 Å². The highest BCUT2D eigenvalue weighted by molar-refractivity contribution is 5.52. The van der Waals surface area contributed by atoms with E-state index in [-0.39, 0.29) is 0 Å². The molecule has 0 bridgehead atoms. The van der Waals surface area contributed by atoms with Crippen LogP contribution in [0.3, 0.4) is 0 Å². The van der Waals surface area contributed by atoms with Crippen molar-refractivity contribution in [2.45, 2.75) is 25.7 Å². The van der Waals surface area contributed by atoms with Crippen molar-refractivity contribution in [3.05, 3.63) is 42.3 Å². The van der Waals surface area contributed by atoms with Crippen LogP contribution in [-0.2, 0) is 4.79 Å². The zero-order chi connectivity index (χ0) is 11.9. The minimum Gasteiger partial charge on any atom is -0.493 e.